The summed E-state index contributed by atoms with van der Waals surface area (Å²) in [7, 11) is 0. The lowest BCUT2D eigenvalue weighted by atomic mass is 9.88. The number of H-pyrrole nitrogens is 1. The number of ether oxygens (including phenoxy) is 1. The second-order valence-corrected chi connectivity index (χ2v) is 5.02. The highest BCUT2D eigenvalue weighted by atomic mass is 16.5. The van der Waals surface area contributed by atoms with E-state index in [-0.39, 0.29) is 11.0 Å². The van der Waals surface area contributed by atoms with Gasteiger partial charge in [0.2, 0.25) is 0 Å². The van der Waals surface area contributed by atoms with Gasteiger partial charge in [-0.3, -0.25) is 4.79 Å². The number of carbonyl (C=O) groups is 1. The van der Waals surface area contributed by atoms with Gasteiger partial charge in [0.15, 0.2) is 0 Å². The molecule has 0 spiro atoms. The van der Waals surface area contributed by atoms with Crippen LogP contribution in [-0.2, 0) is 4.74 Å². The van der Waals surface area contributed by atoms with Crippen molar-refractivity contribution in [2.45, 2.75) is 33.8 Å². The van der Waals surface area contributed by atoms with Crippen LogP contribution >= 0.6 is 0 Å². The van der Waals surface area contributed by atoms with Crippen molar-refractivity contribution in [1.82, 2.24) is 9.97 Å². The molecule has 0 saturated carbocycles. The molecule has 0 aliphatic rings. The first-order valence-electron chi connectivity index (χ1n) is 5.71. The van der Waals surface area contributed by atoms with E-state index in [2.05, 4.69) is 9.97 Å². The van der Waals surface area contributed by atoms with Crippen molar-refractivity contribution in [3.8, 4) is 0 Å². The molecule has 1 aromatic rings. The maximum atomic E-state index is 11.6. The van der Waals surface area contributed by atoms with Gasteiger partial charge in [0.1, 0.15) is 17.5 Å². The van der Waals surface area contributed by atoms with Gasteiger partial charge in [0, 0.05) is 12.8 Å². The average Bonchev–Trinajstić information content (AvgIpc) is 2.23. The molecule has 1 heterocycles. The third kappa shape index (κ3) is 3.16. The molecule has 6 heteroatoms. The van der Waals surface area contributed by atoms with Crippen LogP contribution in [0.1, 0.15) is 50.0 Å². The predicted molar refractivity (Wildman–Crippen MR) is 65.6 cm³/mol. The van der Waals surface area contributed by atoms with Crippen molar-refractivity contribution in [2.24, 2.45) is 5.41 Å². The molecule has 18 heavy (non-hydrogen) atoms. The summed E-state index contributed by atoms with van der Waals surface area (Å²) in [5.41, 5.74) is -1.29. The number of aromatic nitrogens is 2. The van der Waals surface area contributed by atoms with Gasteiger partial charge in [-0.15, -0.1) is 0 Å². The summed E-state index contributed by atoms with van der Waals surface area (Å²) in [6.07, 6.45) is 0.673. The van der Waals surface area contributed by atoms with Crippen molar-refractivity contribution in [3.05, 3.63) is 27.9 Å². The predicted octanol–water partition coefficient (Wildman–Crippen LogP) is 1.59. The van der Waals surface area contributed by atoms with Crippen molar-refractivity contribution >= 4 is 5.97 Å². The number of rotatable bonds is 4. The number of nitrogens with zero attached hydrogens (tertiary/aromatic N) is 1. The lowest BCUT2D eigenvalue weighted by molar-refractivity contribution is -0.0193. The minimum atomic E-state index is -1.29. The molecule has 100 valence electrons. The Morgan fingerprint density at radius 2 is 2.17 bits per heavy atom. The molecule has 0 saturated heterocycles. The minimum absolute atomic E-state index is 0.253. The zero-order valence-electron chi connectivity index (χ0n) is 11.0. The van der Waals surface area contributed by atoms with E-state index >= 15 is 0 Å². The van der Waals surface area contributed by atoms with E-state index in [9.17, 15) is 9.59 Å². The van der Waals surface area contributed by atoms with Gasteiger partial charge in [-0.2, -0.15) is 0 Å². The van der Waals surface area contributed by atoms with Crippen LogP contribution in [0.25, 0.3) is 0 Å². The summed E-state index contributed by atoms with van der Waals surface area (Å²) in [5.74, 6) is -0.946. The summed E-state index contributed by atoms with van der Waals surface area (Å²) in [4.78, 5) is 28.8. The Hall–Kier alpha value is -1.69. The molecular formula is C12H18N2O4. The summed E-state index contributed by atoms with van der Waals surface area (Å²) < 4.78 is 5.57. The number of hydrogen-bond donors (Lipinski definition) is 2. The molecule has 0 aliphatic carbocycles. The van der Waals surface area contributed by atoms with E-state index in [0.717, 1.165) is 6.20 Å². The van der Waals surface area contributed by atoms with E-state index in [4.69, 9.17) is 9.84 Å². The highest BCUT2D eigenvalue weighted by Gasteiger charge is 2.29. The van der Waals surface area contributed by atoms with Gasteiger partial charge in [0.05, 0.1) is 0 Å². The Morgan fingerprint density at radius 1 is 1.56 bits per heavy atom. The Balaban J connectivity index is 3.19. The zero-order valence-corrected chi connectivity index (χ0v) is 11.0. The summed E-state index contributed by atoms with van der Waals surface area (Å²) >= 11 is 0. The Labute approximate surface area is 105 Å². The first-order valence-corrected chi connectivity index (χ1v) is 5.71. The number of carboxylic acids is 1. The maximum Gasteiger partial charge on any atom is 0.342 e. The average molecular weight is 254 g/mol. The molecular weight excluding hydrogens is 236 g/mol. The van der Waals surface area contributed by atoms with Gasteiger partial charge < -0.3 is 14.8 Å². The monoisotopic (exact) mass is 254 g/mol. The smallest absolute Gasteiger partial charge is 0.342 e. The van der Waals surface area contributed by atoms with E-state index < -0.39 is 17.6 Å². The molecule has 0 amide bonds. The van der Waals surface area contributed by atoms with Crippen LogP contribution in [0.3, 0.4) is 0 Å². The van der Waals surface area contributed by atoms with Gasteiger partial charge in [-0.25, -0.2) is 9.78 Å². The fourth-order valence-corrected chi connectivity index (χ4v) is 1.60. The van der Waals surface area contributed by atoms with Gasteiger partial charge in [-0.1, -0.05) is 20.8 Å². The third-order valence-electron chi connectivity index (χ3n) is 2.42. The first kappa shape index (κ1) is 14.4. The second-order valence-electron chi connectivity index (χ2n) is 5.02. The summed E-state index contributed by atoms with van der Waals surface area (Å²) in [5, 5.41) is 8.77. The van der Waals surface area contributed by atoms with Crippen LogP contribution in [0, 0.1) is 5.41 Å². The van der Waals surface area contributed by atoms with Gasteiger partial charge in [-0.05, 0) is 12.3 Å². The van der Waals surface area contributed by atoms with Crippen LogP contribution in [-0.4, -0.2) is 27.7 Å². The highest BCUT2D eigenvalue weighted by Crippen LogP contribution is 2.33. The molecule has 1 unspecified atom stereocenters. The topological polar surface area (TPSA) is 92.3 Å². The zero-order chi connectivity index (χ0) is 13.9. The Bertz CT molecular complexity index is 488. The normalized spacial score (nSPS) is 13.3. The molecule has 0 aliphatic heterocycles. The Morgan fingerprint density at radius 3 is 2.56 bits per heavy atom. The van der Waals surface area contributed by atoms with Gasteiger partial charge >= 0.3 is 5.97 Å². The summed E-state index contributed by atoms with van der Waals surface area (Å²) in [6.45, 7) is 8.20. The number of carboxylic acid groups (broad SMARTS) is 1. The van der Waals surface area contributed by atoms with Crippen LogP contribution in [0.4, 0.5) is 0 Å². The lowest BCUT2D eigenvalue weighted by Gasteiger charge is -2.29. The number of aromatic amines is 1. The van der Waals surface area contributed by atoms with Crippen molar-refractivity contribution in [3.63, 3.8) is 0 Å². The summed E-state index contributed by atoms with van der Waals surface area (Å²) in [6, 6.07) is 0. The highest BCUT2D eigenvalue weighted by molar-refractivity contribution is 5.86. The quantitative estimate of drug-likeness (QED) is 0.851. The lowest BCUT2D eigenvalue weighted by Crippen LogP contribution is -2.28. The van der Waals surface area contributed by atoms with E-state index in [1.54, 1.807) is 0 Å². The maximum absolute atomic E-state index is 11.6. The van der Waals surface area contributed by atoms with Crippen molar-refractivity contribution in [1.29, 1.82) is 0 Å². The van der Waals surface area contributed by atoms with Crippen LogP contribution in [0.5, 0.6) is 0 Å². The number of hydrogen-bond acceptors (Lipinski definition) is 4. The molecule has 0 aromatic carbocycles. The Kier molecular flexibility index (Phi) is 4.24. The van der Waals surface area contributed by atoms with E-state index in [1.807, 2.05) is 27.7 Å². The SMILES string of the molecule is CCOC(c1ncc(C(=O)O)c(=O)[nH]1)C(C)(C)C. The fourth-order valence-electron chi connectivity index (χ4n) is 1.60. The molecule has 1 aromatic heterocycles. The first-order chi connectivity index (χ1) is 8.27. The van der Waals surface area contributed by atoms with Crippen molar-refractivity contribution in [2.75, 3.05) is 6.61 Å². The molecule has 2 N–H and O–H groups in total. The molecule has 0 radical (unpaired) electrons. The molecule has 1 rings (SSSR count). The van der Waals surface area contributed by atoms with E-state index in [1.165, 1.54) is 0 Å². The minimum Gasteiger partial charge on any atom is -0.477 e. The van der Waals surface area contributed by atoms with Crippen LogP contribution < -0.4 is 5.56 Å². The van der Waals surface area contributed by atoms with Gasteiger partial charge in [0.25, 0.3) is 5.56 Å². The van der Waals surface area contributed by atoms with Crippen LogP contribution in [0.15, 0.2) is 11.0 Å². The largest absolute Gasteiger partial charge is 0.477 e. The molecule has 1 atom stereocenters. The third-order valence-corrected chi connectivity index (χ3v) is 2.42. The van der Waals surface area contributed by atoms with E-state index in [0.29, 0.717) is 12.4 Å². The van der Waals surface area contributed by atoms with Crippen molar-refractivity contribution < 1.29 is 14.6 Å². The number of aromatic carboxylic acids is 1. The second kappa shape index (κ2) is 5.30. The molecule has 0 fully saturated rings. The standard InChI is InChI=1S/C12H18N2O4/c1-5-18-8(12(2,3)4)9-13-6-7(11(16)17)10(15)14-9/h6,8H,5H2,1-4H3,(H,16,17)(H,13,14,15). The molecule has 6 nitrogen and oxygen atoms in total. The number of nitrogens with one attached hydrogen (secondary N) is 1. The molecule has 0 bridgehead atoms. The fraction of sp³-hybridized carbons (Fsp3) is 0.583. The van der Waals surface area contributed by atoms with Crippen LogP contribution in [0.2, 0.25) is 0 Å².